The van der Waals surface area contributed by atoms with Gasteiger partial charge in [0.1, 0.15) is 0 Å². The molecule has 0 aromatic carbocycles. The molecule has 1 saturated heterocycles. The van der Waals surface area contributed by atoms with Gasteiger partial charge in [-0.05, 0) is 27.1 Å². The molecule has 1 aromatic rings. The summed E-state index contributed by atoms with van der Waals surface area (Å²) in [6.07, 6.45) is 3.59. The number of hydrogen-bond donors (Lipinski definition) is 1. The van der Waals surface area contributed by atoms with Gasteiger partial charge in [-0.15, -0.1) is 5.10 Å². The molecule has 1 aromatic heterocycles. The summed E-state index contributed by atoms with van der Waals surface area (Å²) in [5, 5.41) is 11.2. The minimum absolute atomic E-state index is 0.559. The molecule has 8 nitrogen and oxygen atoms in total. The zero-order valence-electron chi connectivity index (χ0n) is 12.7. The Bertz CT molecular complexity index is 446. The topological polar surface area (TPSA) is 77.5 Å². The molecule has 1 amide bonds. The first-order chi connectivity index (χ1) is 10.2. The number of nitrogens with one attached hydrogen (secondary N) is 1. The molecule has 1 aliphatic heterocycles. The van der Waals surface area contributed by atoms with Crippen LogP contribution in [0.2, 0.25) is 0 Å². The predicted octanol–water partition coefficient (Wildman–Crippen LogP) is -0.486. The largest absolute Gasteiger partial charge is 0.353 e. The molecule has 0 atom stereocenters. The van der Waals surface area contributed by atoms with Crippen molar-refractivity contribution in [1.29, 1.82) is 0 Å². The minimum atomic E-state index is 0.559. The van der Waals surface area contributed by atoms with Crippen LogP contribution in [-0.4, -0.2) is 84.8 Å². The van der Waals surface area contributed by atoms with Gasteiger partial charge in [-0.3, -0.25) is 4.79 Å². The van der Waals surface area contributed by atoms with Crippen LogP contribution in [-0.2, 0) is 4.79 Å². The van der Waals surface area contributed by atoms with Crippen molar-refractivity contribution < 1.29 is 4.79 Å². The number of carbonyl (C=O) groups is 1. The summed E-state index contributed by atoms with van der Waals surface area (Å²) in [5.74, 6) is 1.37. The highest BCUT2D eigenvalue weighted by Gasteiger charge is 2.17. The Labute approximate surface area is 125 Å². The summed E-state index contributed by atoms with van der Waals surface area (Å²) in [5.41, 5.74) is 0. The van der Waals surface area contributed by atoms with Crippen LogP contribution in [0, 0.1) is 0 Å². The van der Waals surface area contributed by atoms with Crippen LogP contribution >= 0.6 is 0 Å². The second-order valence-corrected chi connectivity index (χ2v) is 5.35. The lowest BCUT2D eigenvalue weighted by Crippen LogP contribution is -2.46. The van der Waals surface area contributed by atoms with E-state index in [0.717, 1.165) is 57.9 Å². The molecule has 2 rings (SSSR count). The third kappa shape index (κ3) is 4.82. The molecular formula is C13H23N7O. The van der Waals surface area contributed by atoms with Gasteiger partial charge in [-0.1, -0.05) is 0 Å². The first-order valence-corrected chi connectivity index (χ1v) is 7.21. The van der Waals surface area contributed by atoms with Crippen molar-refractivity contribution in [3.05, 3.63) is 6.20 Å². The number of anilines is 2. The third-order valence-electron chi connectivity index (χ3n) is 3.40. The standard InChI is InChI=1S/C13H23N7O/c1-18(2)5-3-4-14-13-16-12(10-15-17-13)20-8-6-19(11-21)7-9-20/h10-11H,3-9H2,1-2H3,(H,14,16,17). The number of carbonyl (C=O) groups excluding carboxylic acids is 1. The molecule has 0 saturated carbocycles. The van der Waals surface area contributed by atoms with Gasteiger partial charge >= 0.3 is 0 Å². The smallest absolute Gasteiger partial charge is 0.244 e. The number of aromatic nitrogens is 3. The summed E-state index contributed by atoms with van der Waals surface area (Å²) in [7, 11) is 4.11. The average molecular weight is 293 g/mol. The van der Waals surface area contributed by atoms with Crippen LogP contribution in [0.1, 0.15) is 6.42 Å². The van der Waals surface area contributed by atoms with Gasteiger partial charge in [0.05, 0.1) is 6.20 Å². The maximum absolute atomic E-state index is 10.7. The van der Waals surface area contributed by atoms with Crippen molar-refractivity contribution in [2.24, 2.45) is 0 Å². The lowest BCUT2D eigenvalue weighted by molar-refractivity contribution is -0.118. The van der Waals surface area contributed by atoms with Gasteiger partial charge in [-0.25, -0.2) is 0 Å². The van der Waals surface area contributed by atoms with Gasteiger partial charge in [-0.2, -0.15) is 10.1 Å². The number of rotatable bonds is 7. The lowest BCUT2D eigenvalue weighted by atomic mass is 10.3. The fourth-order valence-corrected chi connectivity index (χ4v) is 2.17. The quantitative estimate of drug-likeness (QED) is 0.537. The molecule has 0 radical (unpaired) electrons. The fourth-order valence-electron chi connectivity index (χ4n) is 2.17. The van der Waals surface area contributed by atoms with E-state index in [1.165, 1.54) is 0 Å². The second-order valence-electron chi connectivity index (χ2n) is 5.35. The van der Waals surface area contributed by atoms with Crippen LogP contribution in [0.5, 0.6) is 0 Å². The van der Waals surface area contributed by atoms with Crippen molar-refractivity contribution in [2.75, 3.05) is 63.6 Å². The van der Waals surface area contributed by atoms with Gasteiger partial charge in [0.15, 0.2) is 5.82 Å². The number of piperazine rings is 1. The van der Waals surface area contributed by atoms with E-state index in [2.05, 4.69) is 44.4 Å². The molecule has 0 unspecified atom stereocenters. The van der Waals surface area contributed by atoms with Crippen LogP contribution in [0.3, 0.4) is 0 Å². The first-order valence-electron chi connectivity index (χ1n) is 7.21. The molecule has 0 aliphatic carbocycles. The predicted molar refractivity (Wildman–Crippen MR) is 81.3 cm³/mol. The van der Waals surface area contributed by atoms with Crippen molar-refractivity contribution >= 4 is 18.2 Å². The highest BCUT2D eigenvalue weighted by Crippen LogP contribution is 2.12. The van der Waals surface area contributed by atoms with Crippen LogP contribution in [0.4, 0.5) is 11.8 Å². The van der Waals surface area contributed by atoms with Crippen molar-refractivity contribution in [2.45, 2.75) is 6.42 Å². The van der Waals surface area contributed by atoms with Gasteiger partial charge in [0, 0.05) is 32.7 Å². The van der Waals surface area contributed by atoms with Crippen molar-refractivity contribution in [3.8, 4) is 0 Å². The van der Waals surface area contributed by atoms with E-state index in [0.29, 0.717) is 5.95 Å². The highest BCUT2D eigenvalue weighted by atomic mass is 16.1. The Balaban J connectivity index is 1.84. The normalized spacial score (nSPS) is 15.4. The van der Waals surface area contributed by atoms with Crippen LogP contribution in [0.25, 0.3) is 0 Å². The van der Waals surface area contributed by atoms with Crippen LogP contribution < -0.4 is 10.2 Å². The van der Waals surface area contributed by atoms with E-state index in [9.17, 15) is 4.79 Å². The Morgan fingerprint density at radius 3 is 2.76 bits per heavy atom. The molecule has 1 aliphatic rings. The maximum Gasteiger partial charge on any atom is 0.244 e. The summed E-state index contributed by atoms with van der Waals surface area (Å²) >= 11 is 0. The number of amides is 1. The van der Waals surface area contributed by atoms with E-state index in [-0.39, 0.29) is 0 Å². The van der Waals surface area contributed by atoms with E-state index >= 15 is 0 Å². The Morgan fingerprint density at radius 1 is 1.33 bits per heavy atom. The average Bonchev–Trinajstić information content (AvgIpc) is 2.52. The fraction of sp³-hybridized carbons (Fsp3) is 0.692. The molecule has 1 fully saturated rings. The maximum atomic E-state index is 10.7. The summed E-state index contributed by atoms with van der Waals surface area (Å²) in [6.45, 7) is 4.84. The summed E-state index contributed by atoms with van der Waals surface area (Å²) in [6, 6.07) is 0. The summed E-state index contributed by atoms with van der Waals surface area (Å²) < 4.78 is 0. The van der Waals surface area contributed by atoms with E-state index in [4.69, 9.17) is 0 Å². The monoisotopic (exact) mass is 293 g/mol. The third-order valence-corrected chi connectivity index (χ3v) is 3.40. The van der Waals surface area contributed by atoms with E-state index in [1.807, 2.05) is 0 Å². The molecule has 0 spiro atoms. The molecule has 21 heavy (non-hydrogen) atoms. The van der Waals surface area contributed by atoms with Crippen molar-refractivity contribution in [1.82, 2.24) is 25.0 Å². The minimum Gasteiger partial charge on any atom is -0.353 e. The molecule has 1 N–H and O–H groups in total. The molecule has 0 bridgehead atoms. The summed E-state index contributed by atoms with van der Waals surface area (Å²) in [4.78, 5) is 21.2. The van der Waals surface area contributed by atoms with Gasteiger partial charge < -0.3 is 20.0 Å². The van der Waals surface area contributed by atoms with E-state index in [1.54, 1.807) is 11.1 Å². The highest BCUT2D eigenvalue weighted by molar-refractivity contribution is 5.49. The Hall–Kier alpha value is -1.96. The Kier molecular flexibility index (Phi) is 5.68. The molecular weight excluding hydrogens is 270 g/mol. The van der Waals surface area contributed by atoms with E-state index < -0.39 is 0 Å². The van der Waals surface area contributed by atoms with Crippen LogP contribution in [0.15, 0.2) is 6.20 Å². The molecule has 116 valence electrons. The van der Waals surface area contributed by atoms with Crippen molar-refractivity contribution in [3.63, 3.8) is 0 Å². The molecule has 8 heteroatoms. The first kappa shape index (κ1) is 15.4. The zero-order chi connectivity index (χ0) is 15.1. The zero-order valence-corrected chi connectivity index (χ0v) is 12.7. The van der Waals surface area contributed by atoms with Gasteiger partial charge in [0.25, 0.3) is 0 Å². The number of nitrogens with zero attached hydrogens (tertiary/aromatic N) is 6. The SMILES string of the molecule is CN(C)CCCNc1nncc(N2CCN(C=O)CC2)n1. The lowest BCUT2D eigenvalue weighted by Gasteiger charge is -2.33. The Morgan fingerprint density at radius 2 is 2.10 bits per heavy atom. The second kappa shape index (κ2) is 7.72. The number of hydrogen-bond acceptors (Lipinski definition) is 7. The van der Waals surface area contributed by atoms with Gasteiger partial charge in [0.2, 0.25) is 12.4 Å². The molecule has 2 heterocycles.